The standard InChI is InChI=1S/C22H39NO6Si2/c1-14-15(19(24)26-8)16(20(25)27-9)18(29-31(12,13)22(5,6)7)23-17(14)28-30(10,11)21(2,3)4/h1-13H3. The lowest BCUT2D eigenvalue weighted by Crippen LogP contribution is -2.45. The average molecular weight is 470 g/mol. The van der Waals surface area contributed by atoms with Crippen molar-refractivity contribution in [3.63, 3.8) is 0 Å². The van der Waals surface area contributed by atoms with Crippen LogP contribution >= 0.6 is 0 Å². The van der Waals surface area contributed by atoms with Crippen LogP contribution in [0.2, 0.25) is 36.3 Å². The second kappa shape index (κ2) is 8.93. The summed E-state index contributed by atoms with van der Waals surface area (Å²) in [5, 5.41) is -0.243. The number of rotatable bonds is 6. The van der Waals surface area contributed by atoms with E-state index in [1.807, 2.05) is 13.1 Å². The maximum absolute atomic E-state index is 12.8. The minimum Gasteiger partial charge on any atom is -0.530 e. The summed E-state index contributed by atoms with van der Waals surface area (Å²) >= 11 is 0. The molecule has 9 heteroatoms. The minimum atomic E-state index is -2.41. The molecule has 0 aliphatic carbocycles. The second-order valence-electron chi connectivity index (χ2n) is 10.8. The van der Waals surface area contributed by atoms with Crippen LogP contribution in [0.3, 0.4) is 0 Å². The smallest absolute Gasteiger partial charge is 0.344 e. The first-order chi connectivity index (χ1) is 13.8. The molecule has 1 aromatic heterocycles. The Morgan fingerprint density at radius 1 is 0.710 bits per heavy atom. The Bertz CT molecular complexity index is 851. The van der Waals surface area contributed by atoms with Gasteiger partial charge in [0.25, 0.3) is 16.6 Å². The van der Waals surface area contributed by atoms with Gasteiger partial charge in [-0.3, -0.25) is 0 Å². The molecular formula is C22H39NO6Si2. The number of esters is 2. The lowest BCUT2D eigenvalue weighted by atomic mass is 10.0. The molecule has 0 atom stereocenters. The quantitative estimate of drug-likeness (QED) is 0.388. The molecule has 0 spiro atoms. The molecule has 1 rings (SSSR count). The SMILES string of the molecule is COC(=O)c1c(O[Si](C)(C)C(C)(C)C)nc(O[Si](C)(C)C(C)(C)C)c(C)c1C(=O)OC. The normalized spacial score (nSPS) is 12.9. The molecule has 0 radical (unpaired) electrons. The van der Waals surface area contributed by atoms with Crippen LogP contribution in [0.4, 0.5) is 0 Å². The molecule has 0 fully saturated rings. The van der Waals surface area contributed by atoms with Gasteiger partial charge in [-0.05, 0) is 43.2 Å². The Morgan fingerprint density at radius 2 is 1.06 bits per heavy atom. The van der Waals surface area contributed by atoms with E-state index in [1.54, 1.807) is 6.92 Å². The van der Waals surface area contributed by atoms with E-state index in [1.165, 1.54) is 14.2 Å². The molecule has 0 saturated carbocycles. The number of ether oxygens (including phenoxy) is 2. The Balaban J connectivity index is 3.92. The third kappa shape index (κ3) is 5.68. The lowest BCUT2D eigenvalue weighted by Gasteiger charge is -2.38. The molecule has 0 aromatic carbocycles. The summed E-state index contributed by atoms with van der Waals surface area (Å²) in [7, 11) is -2.17. The lowest BCUT2D eigenvalue weighted by molar-refractivity contribution is 0.0551. The first-order valence-electron chi connectivity index (χ1n) is 10.4. The Kier molecular flexibility index (Phi) is 7.83. The van der Waals surface area contributed by atoms with Gasteiger partial charge >= 0.3 is 11.9 Å². The van der Waals surface area contributed by atoms with Gasteiger partial charge in [-0.25, -0.2) is 9.59 Å². The molecule has 0 saturated heterocycles. The zero-order valence-corrected chi connectivity index (χ0v) is 23.4. The van der Waals surface area contributed by atoms with Crippen LogP contribution in [0.1, 0.15) is 67.8 Å². The molecule has 0 aliphatic heterocycles. The van der Waals surface area contributed by atoms with Crippen molar-refractivity contribution in [1.29, 1.82) is 0 Å². The van der Waals surface area contributed by atoms with Crippen LogP contribution in [0, 0.1) is 6.92 Å². The molecule has 0 bridgehead atoms. The van der Waals surface area contributed by atoms with Crippen LogP contribution in [0.5, 0.6) is 11.8 Å². The molecule has 31 heavy (non-hydrogen) atoms. The molecule has 0 aliphatic rings. The van der Waals surface area contributed by atoms with Crippen molar-refractivity contribution in [2.75, 3.05) is 14.2 Å². The van der Waals surface area contributed by atoms with Gasteiger partial charge in [0.05, 0.1) is 19.8 Å². The van der Waals surface area contributed by atoms with Crippen molar-refractivity contribution in [2.45, 2.75) is 84.7 Å². The van der Waals surface area contributed by atoms with E-state index in [4.69, 9.17) is 18.3 Å². The number of carbonyl (C=O) groups excluding carboxylic acids is 2. The van der Waals surface area contributed by atoms with Crippen LogP contribution in [-0.4, -0.2) is 47.8 Å². The van der Waals surface area contributed by atoms with E-state index in [-0.39, 0.29) is 33.0 Å². The van der Waals surface area contributed by atoms with Crippen molar-refractivity contribution in [2.24, 2.45) is 0 Å². The summed E-state index contributed by atoms with van der Waals surface area (Å²) in [6.45, 7) is 22.6. The molecule has 176 valence electrons. The first kappa shape index (κ1) is 27.2. The summed E-state index contributed by atoms with van der Waals surface area (Å²) < 4.78 is 22.8. The number of hydrogen-bond donors (Lipinski definition) is 0. The van der Waals surface area contributed by atoms with Gasteiger partial charge in [0.15, 0.2) is 0 Å². The molecule has 0 N–H and O–H groups in total. The van der Waals surface area contributed by atoms with Gasteiger partial charge in [0, 0.05) is 5.56 Å². The topological polar surface area (TPSA) is 84.0 Å². The molecule has 1 aromatic rings. The van der Waals surface area contributed by atoms with Crippen molar-refractivity contribution in [3.8, 4) is 11.8 Å². The number of aromatic nitrogens is 1. The highest BCUT2D eigenvalue weighted by molar-refractivity contribution is 6.75. The third-order valence-electron chi connectivity index (χ3n) is 6.46. The van der Waals surface area contributed by atoms with E-state index in [9.17, 15) is 9.59 Å². The Labute approximate surface area is 189 Å². The Morgan fingerprint density at radius 3 is 1.42 bits per heavy atom. The second-order valence-corrected chi connectivity index (χ2v) is 20.3. The van der Waals surface area contributed by atoms with Crippen LogP contribution in [0.25, 0.3) is 0 Å². The maximum atomic E-state index is 12.8. The highest BCUT2D eigenvalue weighted by Gasteiger charge is 2.43. The average Bonchev–Trinajstić information content (AvgIpc) is 2.60. The number of methoxy groups -OCH3 is 2. The van der Waals surface area contributed by atoms with Crippen molar-refractivity contribution in [3.05, 3.63) is 16.7 Å². The van der Waals surface area contributed by atoms with Gasteiger partial charge in [0.1, 0.15) is 5.56 Å². The summed E-state index contributed by atoms with van der Waals surface area (Å²) in [6, 6.07) is 0. The van der Waals surface area contributed by atoms with Crippen LogP contribution in [-0.2, 0) is 9.47 Å². The van der Waals surface area contributed by atoms with E-state index >= 15 is 0 Å². The van der Waals surface area contributed by atoms with Crippen LogP contribution in [0.15, 0.2) is 0 Å². The fourth-order valence-corrected chi connectivity index (χ4v) is 4.17. The third-order valence-corrected chi connectivity index (χ3v) is 15.1. The van der Waals surface area contributed by atoms with Gasteiger partial charge in [-0.1, -0.05) is 41.5 Å². The monoisotopic (exact) mass is 469 g/mol. The highest BCUT2D eigenvalue weighted by Crippen LogP contribution is 2.42. The maximum Gasteiger partial charge on any atom is 0.344 e. The van der Waals surface area contributed by atoms with Crippen LogP contribution < -0.4 is 8.85 Å². The zero-order chi connectivity index (χ0) is 24.6. The Hall–Kier alpha value is -1.88. The summed E-state index contributed by atoms with van der Waals surface area (Å²) in [5.41, 5.74) is 0.464. The van der Waals surface area contributed by atoms with Crippen molar-refractivity contribution < 1.29 is 27.9 Å². The van der Waals surface area contributed by atoms with Crippen molar-refractivity contribution in [1.82, 2.24) is 4.98 Å². The van der Waals surface area contributed by atoms with Gasteiger partial charge < -0.3 is 18.3 Å². The molecule has 0 unspecified atom stereocenters. The van der Waals surface area contributed by atoms with E-state index in [0.29, 0.717) is 5.56 Å². The predicted octanol–water partition coefficient (Wildman–Crippen LogP) is 5.73. The summed E-state index contributed by atoms with van der Waals surface area (Å²) in [4.78, 5) is 30.1. The van der Waals surface area contributed by atoms with E-state index < -0.39 is 28.6 Å². The van der Waals surface area contributed by atoms with Gasteiger partial charge in [-0.2, -0.15) is 4.98 Å². The van der Waals surface area contributed by atoms with E-state index in [0.717, 1.165) is 0 Å². The number of carbonyl (C=O) groups is 2. The number of hydrogen-bond acceptors (Lipinski definition) is 7. The summed E-state index contributed by atoms with van der Waals surface area (Å²) in [6.07, 6.45) is 0. The van der Waals surface area contributed by atoms with Gasteiger partial charge in [0.2, 0.25) is 11.8 Å². The zero-order valence-electron chi connectivity index (χ0n) is 21.4. The predicted molar refractivity (Wildman–Crippen MR) is 127 cm³/mol. The fourth-order valence-electron chi connectivity index (χ4n) is 2.24. The molecule has 0 amide bonds. The fraction of sp³-hybridized carbons (Fsp3) is 0.682. The molecular weight excluding hydrogens is 430 g/mol. The number of pyridine rings is 1. The number of nitrogens with zero attached hydrogens (tertiary/aromatic N) is 1. The highest BCUT2D eigenvalue weighted by atomic mass is 28.4. The minimum absolute atomic E-state index is 0.0285. The first-order valence-corrected chi connectivity index (χ1v) is 16.2. The molecule has 1 heterocycles. The largest absolute Gasteiger partial charge is 0.530 e. The summed E-state index contributed by atoms with van der Waals surface area (Å²) in [5.74, 6) is -1.03. The van der Waals surface area contributed by atoms with Crippen molar-refractivity contribution >= 4 is 28.6 Å². The van der Waals surface area contributed by atoms with Gasteiger partial charge in [-0.15, -0.1) is 0 Å². The van der Waals surface area contributed by atoms with E-state index in [2.05, 4.69) is 59.6 Å². The molecule has 7 nitrogen and oxygen atoms in total.